The van der Waals surface area contributed by atoms with Crippen molar-refractivity contribution in [2.75, 3.05) is 26.2 Å². The van der Waals surface area contributed by atoms with Crippen LogP contribution < -0.4 is 5.32 Å². The van der Waals surface area contributed by atoms with E-state index in [0.717, 1.165) is 19.0 Å². The van der Waals surface area contributed by atoms with Crippen molar-refractivity contribution in [2.45, 2.75) is 45.6 Å². The van der Waals surface area contributed by atoms with Crippen molar-refractivity contribution < 1.29 is 0 Å². The minimum Gasteiger partial charge on any atom is -0.314 e. The second-order valence-corrected chi connectivity index (χ2v) is 6.58. The van der Waals surface area contributed by atoms with E-state index in [2.05, 4.69) is 42.3 Å². The predicted octanol–water partition coefficient (Wildman–Crippen LogP) is 3.44. The molecule has 1 N–H and O–H groups in total. The van der Waals surface area contributed by atoms with Crippen molar-refractivity contribution in [3.8, 4) is 0 Å². The lowest BCUT2D eigenvalue weighted by Gasteiger charge is -2.40. The Balaban J connectivity index is 1.95. The van der Waals surface area contributed by atoms with E-state index in [0.29, 0.717) is 6.04 Å². The normalized spacial score (nSPS) is 23.1. The van der Waals surface area contributed by atoms with E-state index in [-0.39, 0.29) is 0 Å². The van der Waals surface area contributed by atoms with Crippen LogP contribution in [0.1, 0.15) is 48.4 Å². The van der Waals surface area contributed by atoms with E-state index in [1.807, 2.05) is 0 Å². The molecule has 3 rings (SSSR count). The molecule has 1 atom stereocenters. The molecule has 1 aliphatic carbocycles. The van der Waals surface area contributed by atoms with Crippen molar-refractivity contribution in [3.05, 3.63) is 34.9 Å². The van der Waals surface area contributed by atoms with Gasteiger partial charge in [-0.25, -0.2) is 0 Å². The molecule has 2 fully saturated rings. The molecule has 0 radical (unpaired) electrons. The highest BCUT2D eigenvalue weighted by Crippen LogP contribution is 2.41. The predicted molar refractivity (Wildman–Crippen MR) is 85.1 cm³/mol. The fourth-order valence-corrected chi connectivity index (χ4v) is 4.24. The maximum Gasteiger partial charge on any atom is 0.0382 e. The average Bonchev–Trinajstić information content (AvgIpc) is 2.98. The van der Waals surface area contributed by atoms with E-state index < -0.39 is 0 Å². The highest BCUT2D eigenvalue weighted by molar-refractivity contribution is 5.37. The molecule has 1 heterocycles. The molecule has 0 bridgehead atoms. The van der Waals surface area contributed by atoms with Gasteiger partial charge in [-0.05, 0) is 49.3 Å². The molecule has 0 aromatic heterocycles. The number of benzene rings is 1. The van der Waals surface area contributed by atoms with Crippen molar-refractivity contribution in [1.82, 2.24) is 10.2 Å². The van der Waals surface area contributed by atoms with E-state index in [4.69, 9.17) is 0 Å². The molecule has 2 nitrogen and oxygen atoms in total. The molecule has 1 saturated heterocycles. The van der Waals surface area contributed by atoms with Crippen molar-refractivity contribution in [2.24, 2.45) is 5.92 Å². The SMILES string of the molecule is Cc1cccc(C)c1[C@@H](C1CCCC1)N1CCNCC1. The van der Waals surface area contributed by atoms with Gasteiger partial charge >= 0.3 is 0 Å². The van der Waals surface area contributed by atoms with Crippen LogP contribution in [0.15, 0.2) is 18.2 Å². The van der Waals surface area contributed by atoms with Gasteiger partial charge < -0.3 is 5.32 Å². The molecule has 2 aliphatic rings. The third-order valence-electron chi connectivity index (χ3n) is 5.23. The second-order valence-electron chi connectivity index (χ2n) is 6.58. The fourth-order valence-electron chi connectivity index (χ4n) is 4.24. The number of aryl methyl sites for hydroxylation is 2. The summed E-state index contributed by atoms with van der Waals surface area (Å²) in [6, 6.07) is 7.46. The maximum atomic E-state index is 3.50. The van der Waals surface area contributed by atoms with E-state index >= 15 is 0 Å². The van der Waals surface area contributed by atoms with Gasteiger partial charge in [-0.3, -0.25) is 4.90 Å². The van der Waals surface area contributed by atoms with Crippen LogP contribution in [0, 0.1) is 19.8 Å². The van der Waals surface area contributed by atoms with Crippen LogP contribution in [0.25, 0.3) is 0 Å². The Hall–Kier alpha value is -0.860. The van der Waals surface area contributed by atoms with Gasteiger partial charge in [0.05, 0.1) is 0 Å². The topological polar surface area (TPSA) is 15.3 Å². The Morgan fingerprint density at radius 1 is 1.05 bits per heavy atom. The van der Waals surface area contributed by atoms with Gasteiger partial charge in [0.2, 0.25) is 0 Å². The molecular weight excluding hydrogens is 244 g/mol. The zero-order valence-electron chi connectivity index (χ0n) is 13.0. The summed E-state index contributed by atoms with van der Waals surface area (Å²) in [5.41, 5.74) is 4.60. The first kappa shape index (κ1) is 14.1. The first-order valence-electron chi connectivity index (χ1n) is 8.28. The molecule has 1 saturated carbocycles. The van der Waals surface area contributed by atoms with E-state index in [1.165, 1.54) is 49.9 Å². The second kappa shape index (κ2) is 6.28. The standard InChI is InChI=1S/C18H28N2/c1-14-6-5-7-15(2)17(14)18(16-8-3-4-9-16)20-12-10-19-11-13-20/h5-7,16,18-19H,3-4,8-13H2,1-2H3/t18-/m1/s1. The Labute approximate surface area is 123 Å². The van der Waals surface area contributed by atoms with Gasteiger partial charge in [0.25, 0.3) is 0 Å². The lowest BCUT2D eigenvalue weighted by atomic mass is 9.85. The summed E-state index contributed by atoms with van der Waals surface area (Å²) in [6.45, 7) is 9.30. The lowest BCUT2D eigenvalue weighted by molar-refractivity contribution is 0.124. The number of hydrogen-bond donors (Lipinski definition) is 1. The summed E-state index contributed by atoms with van der Waals surface area (Å²) in [4.78, 5) is 2.75. The number of nitrogens with zero attached hydrogens (tertiary/aromatic N) is 1. The zero-order valence-corrected chi connectivity index (χ0v) is 13.0. The summed E-state index contributed by atoms with van der Waals surface area (Å²) in [6.07, 6.45) is 5.70. The molecule has 1 aromatic carbocycles. The molecule has 2 heteroatoms. The Bertz CT molecular complexity index is 422. The fraction of sp³-hybridized carbons (Fsp3) is 0.667. The summed E-state index contributed by atoms with van der Waals surface area (Å²) >= 11 is 0. The lowest BCUT2D eigenvalue weighted by Crippen LogP contribution is -2.47. The largest absolute Gasteiger partial charge is 0.314 e. The molecular formula is C18H28N2. The monoisotopic (exact) mass is 272 g/mol. The van der Waals surface area contributed by atoms with Crippen LogP contribution in [-0.4, -0.2) is 31.1 Å². The Morgan fingerprint density at radius 3 is 2.25 bits per heavy atom. The van der Waals surface area contributed by atoms with Crippen LogP contribution in [0.4, 0.5) is 0 Å². The number of hydrogen-bond acceptors (Lipinski definition) is 2. The van der Waals surface area contributed by atoms with Crippen LogP contribution in [0.3, 0.4) is 0 Å². The van der Waals surface area contributed by atoms with Crippen LogP contribution in [0.2, 0.25) is 0 Å². The number of piperazine rings is 1. The Morgan fingerprint density at radius 2 is 1.65 bits per heavy atom. The minimum atomic E-state index is 0.654. The van der Waals surface area contributed by atoms with Crippen molar-refractivity contribution in [1.29, 1.82) is 0 Å². The molecule has 0 amide bonds. The van der Waals surface area contributed by atoms with E-state index in [9.17, 15) is 0 Å². The highest BCUT2D eigenvalue weighted by Gasteiger charge is 2.33. The Kier molecular flexibility index (Phi) is 4.42. The summed E-state index contributed by atoms with van der Waals surface area (Å²) < 4.78 is 0. The third kappa shape index (κ3) is 2.77. The zero-order chi connectivity index (χ0) is 13.9. The van der Waals surface area contributed by atoms with E-state index in [1.54, 1.807) is 5.56 Å². The molecule has 20 heavy (non-hydrogen) atoms. The van der Waals surface area contributed by atoms with Gasteiger partial charge in [-0.1, -0.05) is 31.0 Å². The molecule has 0 unspecified atom stereocenters. The minimum absolute atomic E-state index is 0.654. The maximum absolute atomic E-state index is 3.50. The third-order valence-corrected chi connectivity index (χ3v) is 5.23. The molecule has 0 spiro atoms. The van der Waals surface area contributed by atoms with Crippen LogP contribution >= 0.6 is 0 Å². The molecule has 1 aliphatic heterocycles. The number of rotatable bonds is 3. The van der Waals surface area contributed by atoms with Crippen molar-refractivity contribution in [3.63, 3.8) is 0 Å². The highest BCUT2D eigenvalue weighted by atomic mass is 15.2. The van der Waals surface area contributed by atoms with Gasteiger partial charge in [-0.15, -0.1) is 0 Å². The first-order valence-corrected chi connectivity index (χ1v) is 8.28. The average molecular weight is 272 g/mol. The van der Waals surface area contributed by atoms with Gasteiger partial charge in [0.1, 0.15) is 0 Å². The number of nitrogens with one attached hydrogen (secondary N) is 1. The van der Waals surface area contributed by atoms with Gasteiger partial charge in [0.15, 0.2) is 0 Å². The van der Waals surface area contributed by atoms with Gasteiger partial charge in [0, 0.05) is 32.2 Å². The van der Waals surface area contributed by atoms with Gasteiger partial charge in [-0.2, -0.15) is 0 Å². The summed E-state index contributed by atoms with van der Waals surface area (Å²) in [7, 11) is 0. The van der Waals surface area contributed by atoms with Crippen LogP contribution in [-0.2, 0) is 0 Å². The van der Waals surface area contributed by atoms with Crippen LogP contribution in [0.5, 0.6) is 0 Å². The molecule has 110 valence electrons. The summed E-state index contributed by atoms with van der Waals surface area (Å²) in [5.74, 6) is 0.868. The quantitative estimate of drug-likeness (QED) is 0.907. The smallest absolute Gasteiger partial charge is 0.0382 e. The van der Waals surface area contributed by atoms with Crippen molar-refractivity contribution >= 4 is 0 Å². The first-order chi connectivity index (χ1) is 9.77. The molecule has 1 aromatic rings. The summed E-state index contributed by atoms with van der Waals surface area (Å²) in [5, 5.41) is 3.50.